The van der Waals surface area contributed by atoms with Gasteiger partial charge in [0.2, 0.25) is 0 Å². The lowest BCUT2D eigenvalue weighted by molar-refractivity contribution is 0.162. The lowest BCUT2D eigenvalue weighted by Crippen LogP contribution is -2.43. The van der Waals surface area contributed by atoms with Gasteiger partial charge in [0.05, 0.1) is 0 Å². The molecule has 0 heterocycles. The summed E-state index contributed by atoms with van der Waals surface area (Å²) in [6.45, 7) is 16.2. The van der Waals surface area contributed by atoms with Crippen LogP contribution in [-0.4, -0.2) is 63.2 Å². The van der Waals surface area contributed by atoms with Crippen molar-refractivity contribution in [3.63, 3.8) is 0 Å². The number of rotatable bonds is 11. The second-order valence-electron chi connectivity index (χ2n) is 6.42. The zero-order valence-corrected chi connectivity index (χ0v) is 13.6. The fourth-order valence-electron chi connectivity index (χ4n) is 2.19. The summed E-state index contributed by atoms with van der Waals surface area (Å²) in [6, 6.07) is 0. The fraction of sp³-hybridized carbons (Fsp3) is 1.00. The van der Waals surface area contributed by atoms with Gasteiger partial charge < -0.3 is 15.1 Å². The lowest BCUT2D eigenvalue weighted by Gasteiger charge is -2.33. The largest absolute Gasteiger partial charge is 0.316 e. The highest BCUT2D eigenvalue weighted by Gasteiger charge is 2.20. The van der Waals surface area contributed by atoms with Gasteiger partial charge in [0.1, 0.15) is 0 Å². The van der Waals surface area contributed by atoms with Gasteiger partial charge in [0.15, 0.2) is 0 Å². The molecule has 0 amide bonds. The Labute approximate surface area is 115 Å². The zero-order valence-electron chi connectivity index (χ0n) is 13.6. The molecule has 0 radical (unpaired) electrons. The van der Waals surface area contributed by atoms with Crippen molar-refractivity contribution in [2.24, 2.45) is 5.41 Å². The van der Waals surface area contributed by atoms with E-state index in [1.165, 1.54) is 32.5 Å². The minimum Gasteiger partial charge on any atom is -0.316 e. The van der Waals surface area contributed by atoms with Gasteiger partial charge in [-0.1, -0.05) is 27.7 Å². The molecule has 0 aromatic rings. The zero-order chi connectivity index (χ0) is 14.0. The van der Waals surface area contributed by atoms with E-state index in [2.05, 4.69) is 56.9 Å². The van der Waals surface area contributed by atoms with Crippen LogP contribution < -0.4 is 5.32 Å². The van der Waals surface area contributed by atoms with Gasteiger partial charge in [-0.05, 0) is 45.4 Å². The highest BCUT2D eigenvalue weighted by atomic mass is 15.2. The Morgan fingerprint density at radius 1 is 0.944 bits per heavy atom. The standard InChI is InChI=1S/C15H35N3/c1-7-9-16-13-15(3,4)14-18(10-8-2)12-11-17(5)6/h16H,7-14H2,1-6H3. The van der Waals surface area contributed by atoms with Gasteiger partial charge in [0.25, 0.3) is 0 Å². The first-order valence-electron chi connectivity index (χ1n) is 7.49. The molecule has 0 rings (SSSR count). The Morgan fingerprint density at radius 2 is 1.61 bits per heavy atom. The van der Waals surface area contributed by atoms with E-state index in [9.17, 15) is 0 Å². The minimum atomic E-state index is 0.358. The molecule has 0 aromatic carbocycles. The molecule has 0 aliphatic heterocycles. The van der Waals surface area contributed by atoms with Crippen molar-refractivity contribution in [3.8, 4) is 0 Å². The van der Waals surface area contributed by atoms with Crippen LogP contribution in [0.5, 0.6) is 0 Å². The summed E-state index contributed by atoms with van der Waals surface area (Å²) < 4.78 is 0. The van der Waals surface area contributed by atoms with E-state index in [0.717, 1.165) is 19.6 Å². The van der Waals surface area contributed by atoms with Crippen molar-refractivity contribution in [3.05, 3.63) is 0 Å². The third-order valence-corrected chi connectivity index (χ3v) is 3.09. The van der Waals surface area contributed by atoms with Crippen molar-refractivity contribution in [2.45, 2.75) is 40.5 Å². The van der Waals surface area contributed by atoms with Crippen molar-refractivity contribution in [1.82, 2.24) is 15.1 Å². The van der Waals surface area contributed by atoms with Crippen molar-refractivity contribution >= 4 is 0 Å². The van der Waals surface area contributed by atoms with Gasteiger partial charge in [-0.15, -0.1) is 0 Å². The maximum Gasteiger partial charge on any atom is 0.0109 e. The van der Waals surface area contributed by atoms with Gasteiger partial charge in [-0.3, -0.25) is 0 Å². The monoisotopic (exact) mass is 257 g/mol. The Kier molecular flexibility index (Phi) is 9.70. The first-order chi connectivity index (χ1) is 8.41. The Morgan fingerprint density at radius 3 is 2.11 bits per heavy atom. The summed E-state index contributed by atoms with van der Waals surface area (Å²) in [4.78, 5) is 4.87. The SMILES string of the molecule is CCCNCC(C)(C)CN(CCC)CCN(C)C. The molecule has 0 aliphatic carbocycles. The maximum atomic E-state index is 3.55. The third-order valence-electron chi connectivity index (χ3n) is 3.09. The average molecular weight is 257 g/mol. The first kappa shape index (κ1) is 17.9. The average Bonchev–Trinajstić information content (AvgIpc) is 2.26. The topological polar surface area (TPSA) is 18.5 Å². The fourth-order valence-corrected chi connectivity index (χ4v) is 2.19. The molecule has 0 aliphatic rings. The van der Waals surface area contributed by atoms with Crippen LogP contribution >= 0.6 is 0 Å². The second kappa shape index (κ2) is 9.76. The molecule has 0 unspecified atom stereocenters. The number of nitrogens with one attached hydrogen (secondary N) is 1. The predicted molar refractivity (Wildman–Crippen MR) is 82.2 cm³/mol. The van der Waals surface area contributed by atoms with Crippen LogP contribution in [0.15, 0.2) is 0 Å². The van der Waals surface area contributed by atoms with E-state index in [-0.39, 0.29) is 0 Å². The molecular formula is C15H35N3. The molecule has 0 saturated heterocycles. The van der Waals surface area contributed by atoms with Crippen molar-refractivity contribution in [2.75, 3.05) is 53.4 Å². The first-order valence-corrected chi connectivity index (χ1v) is 7.49. The molecule has 0 fully saturated rings. The van der Waals surface area contributed by atoms with Crippen LogP contribution in [0.2, 0.25) is 0 Å². The molecule has 0 saturated carbocycles. The number of hydrogen-bond acceptors (Lipinski definition) is 3. The molecule has 110 valence electrons. The summed E-state index contributed by atoms with van der Waals surface area (Å²) in [5.41, 5.74) is 0.358. The molecule has 3 heteroatoms. The smallest absolute Gasteiger partial charge is 0.0109 e. The molecule has 0 spiro atoms. The van der Waals surface area contributed by atoms with E-state index in [1.807, 2.05) is 0 Å². The molecule has 3 nitrogen and oxygen atoms in total. The van der Waals surface area contributed by atoms with Crippen LogP contribution in [0.3, 0.4) is 0 Å². The van der Waals surface area contributed by atoms with Crippen LogP contribution in [0, 0.1) is 5.41 Å². The van der Waals surface area contributed by atoms with E-state index < -0.39 is 0 Å². The minimum absolute atomic E-state index is 0.358. The van der Waals surface area contributed by atoms with Gasteiger partial charge in [-0.2, -0.15) is 0 Å². The highest BCUT2D eigenvalue weighted by molar-refractivity contribution is 4.76. The normalized spacial score (nSPS) is 12.7. The predicted octanol–water partition coefficient (Wildman–Crippen LogP) is 2.29. The highest BCUT2D eigenvalue weighted by Crippen LogP contribution is 2.16. The molecule has 0 atom stereocenters. The van der Waals surface area contributed by atoms with Gasteiger partial charge in [0, 0.05) is 26.2 Å². The van der Waals surface area contributed by atoms with Crippen LogP contribution in [0.25, 0.3) is 0 Å². The summed E-state index contributed by atoms with van der Waals surface area (Å²) in [5, 5.41) is 3.55. The van der Waals surface area contributed by atoms with E-state index in [4.69, 9.17) is 0 Å². The quantitative estimate of drug-likeness (QED) is 0.573. The van der Waals surface area contributed by atoms with E-state index >= 15 is 0 Å². The maximum absolute atomic E-state index is 3.55. The summed E-state index contributed by atoms with van der Waals surface area (Å²) >= 11 is 0. The van der Waals surface area contributed by atoms with E-state index in [0.29, 0.717) is 5.41 Å². The molecular weight excluding hydrogens is 222 g/mol. The van der Waals surface area contributed by atoms with Gasteiger partial charge in [-0.25, -0.2) is 0 Å². The third kappa shape index (κ3) is 9.86. The number of likely N-dealkylation sites (N-methyl/N-ethyl adjacent to an activating group) is 1. The summed E-state index contributed by atoms with van der Waals surface area (Å²) in [6.07, 6.45) is 2.46. The summed E-state index contributed by atoms with van der Waals surface area (Å²) in [7, 11) is 4.30. The second-order valence-corrected chi connectivity index (χ2v) is 6.42. The van der Waals surface area contributed by atoms with Gasteiger partial charge >= 0.3 is 0 Å². The Balaban J connectivity index is 4.10. The summed E-state index contributed by atoms with van der Waals surface area (Å²) in [5.74, 6) is 0. The van der Waals surface area contributed by atoms with Crippen LogP contribution in [0.4, 0.5) is 0 Å². The van der Waals surface area contributed by atoms with E-state index in [1.54, 1.807) is 0 Å². The Bertz CT molecular complexity index is 190. The number of hydrogen-bond donors (Lipinski definition) is 1. The van der Waals surface area contributed by atoms with Crippen LogP contribution in [0.1, 0.15) is 40.5 Å². The van der Waals surface area contributed by atoms with Crippen molar-refractivity contribution < 1.29 is 0 Å². The van der Waals surface area contributed by atoms with Crippen molar-refractivity contribution in [1.29, 1.82) is 0 Å². The Hall–Kier alpha value is -0.120. The lowest BCUT2D eigenvalue weighted by atomic mass is 9.92. The molecule has 18 heavy (non-hydrogen) atoms. The molecule has 0 bridgehead atoms. The van der Waals surface area contributed by atoms with Crippen LogP contribution in [-0.2, 0) is 0 Å². The molecule has 0 aromatic heterocycles. The number of nitrogens with zero attached hydrogens (tertiary/aromatic N) is 2. The molecule has 1 N–H and O–H groups in total.